The van der Waals surface area contributed by atoms with Gasteiger partial charge in [-0.3, -0.25) is 4.79 Å². The average Bonchev–Trinajstić information content (AvgIpc) is 2.39. The molecule has 0 aliphatic rings. The van der Waals surface area contributed by atoms with Crippen LogP contribution in [0.25, 0.3) is 0 Å². The zero-order chi connectivity index (χ0) is 14.4. The van der Waals surface area contributed by atoms with Gasteiger partial charge in [-0.2, -0.15) is 0 Å². The van der Waals surface area contributed by atoms with Crippen molar-refractivity contribution in [2.45, 2.75) is 25.8 Å². The minimum absolute atomic E-state index is 0.194. The number of anilines is 1. The smallest absolute Gasteiger partial charge is 0.340 e. The number of nitrogens with one attached hydrogen (secondary N) is 1. The molecular weight excluding hydrogens is 268 g/mol. The highest BCUT2D eigenvalue weighted by molar-refractivity contribution is 6.31. The van der Waals surface area contributed by atoms with Gasteiger partial charge in [-0.05, 0) is 24.6 Å². The van der Waals surface area contributed by atoms with Gasteiger partial charge in [-0.15, -0.1) is 0 Å². The molecule has 0 aliphatic carbocycles. The highest BCUT2D eigenvalue weighted by Gasteiger charge is 2.15. The van der Waals surface area contributed by atoms with E-state index < -0.39 is 5.97 Å². The Labute approximate surface area is 117 Å². The maximum Gasteiger partial charge on any atom is 0.340 e. The van der Waals surface area contributed by atoms with Crippen LogP contribution >= 0.6 is 11.6 Å². The van der Waals surface area contributed by atoms with E-state index in [9.17, 15) is 9.59 Å². The van der Waals surface area contributed by atoms with E-state index in [1.165, 1.54) is 13.2 Å². The fourth-order valence-electron chi connectivity index (χ4n) is 1.49. The van der Waals surface area contributed by atoms with Crippen molar-refractivity contribution < 1.29 is 14.3 Å². The molecule has 0 fully saturated rings. The van der Waals surface area contributed by atoms with Gasteiger partial charge in [0.15, 0.2) is 0 Å². The van der Waals surface area contributed by atoms with E-state index in [1.54, 1.807) is 12.1 Å². The molecule has 0 aliphatic heterocycles. The molecule has 19 heavy (non-hydrogen) atoms. The van der Waals surface area contributed by atoms with Gasteiger partial charge in [-0.1, -0.05) is 18.5 Å². The molecule has 1 unspecified atom stereocenters. The van der Waals surface area contributed by atoms with Crippen LogP contribution in [-0.4, -0.2) is 25.0 Å². The van der Waals surface area contributed by atoms with Crippen LogP contribution in [0.15, 0.2) is 18.2 Å². The summed E-state index contributed by atoms with van der Waals surface area (Å²) in [4.78, 5) is 23.3. The summed E-state index contributed by atoms with van der Waals surface area (Å²) in [6.07, 6.45) is 0.900. The number of halogens is 1. The first-order chi connectivity index (χ1) is 8.97. The number of hydrogen-bond donors (Lipinski definition) is 2. The Hall–Kier alpha value is -1.59. The molecule has 1 atom stereocenters. The van der Waals surface area contributed by atoms with E-state index in [1.807, 2.05) is 6.92 Å². The molecule has 104 valence electrons. The first kappa shape index (κ1) is 15.5. The summed E-state index contributed by atoms with van der Waals surface area (Å²) >= 11 is 5.82. The molecule has 0 spiro atoms. The van der Waals surface area contributed by atoms with Crippen molar-refractivity contribution in [1.82, 2.24) is 0 Å². The molecule has 0 heterocycles. The van der Waals surface area contributed by atoms with Crippen molar-refractivity contribution in [2.24, 2.45) is 5.73 Å². The molecule has 0 aromatic heterocycles. The summed E-state index contributed by atoms with van der Waals surface area (Å²) < 4.78 is 4.64. The fraction of sp³-hybridized carbons (Fsp3) is 0.385. The summed E-state index contributed by atoms with van der Waals surface area (Å²) in [6.45, 7) is 1.90. The van der Waals surface area contributed by atoms with E-state index in [-0.39, 0.29) is 23.9 Å². The highest BCUT2D eigenvalue weighted by atomic mass is 35.5. The summed E-state index contributed by atoms with van der Waals surface area (Å²) in [7, 11) is 1.27. The molecule has 1 aromatic carbocycles. The van der Waals surface area contributed by atoms with Crippen molar-refractivity contribution in [1.29, 1.82) is 0 Å². The summed E-state index contributed by atoms with van der Waals surface area (Å²) in [5, 5.41) is 3.03. The van der Waals surface area contributed by atoms with Crippen LogP contribution < -0.4 is 11.1 Å². The second-order valence-corrected chi connectivity index (χ2v) is 4.54. The average molecular weight is 285 g/mol. The number of benzene rings is 1. The first-order valence-electron chi connectivity index (χ1n) is 5.91. The minimum atomic E-state index is -0.558. The molecule has 1 rings (SSSR count). The van der Waals surface area contributed by atoms with Gasteiger partial charge < -0.3 is 15.8 Å². The van der Waals surface area contributed by atoms with Crippen LogP contribution in [0.2, 0.25) is 5.02 Å². The number of methoxy groups -OCH3 is 1. The molecular formula is C13H17ClN2O3. The Kier molecular flexibility index (Phi) is 5.79. The van der Waals surface area contributed by atoms with Gasteiger partial charge in [0.2, 0.25) is 5.91 Å². The molecule has 3 N–H and O–H groups in total. The van der Waals surface area contributed by atoms with Gasteiger partial charge in [0, 0.05) is 17.5 Å². The minimum Gasteiger partial charge on any atom is -0.465 e. The largest absolute Gasteiger partial charge is 0.465 e. The van der Waals surface area contributed by atoms with Crippen molar-refractivity contribution in [3.63, 3.8) is 0 Å². The molecule has 0 saturated heterocycles. The second kappa shape index (κ2) is 7.11. The van der Waals surface area contributed by atoms with Gasteiger partial charge >= 0.3 is 5.97 Å². The molecule has 5 nitrogen and oxygen atoms in total. The monoisotopic (exact) mass is 284 g/mol. The SMILES string of the molecule is CCC(N)CC(=O)Nc1ccc(Cl)cc1C(=O)OC. The van der Waals surface area contributed by atoms with Crippen LogP contribution in [0.4, 0.5) is 5.69 Å². The third-order valence-corrected chi connectivity index (χ3v) is 2.87. The number of amides is 1. The normalized spacial score (nSPS) is 11.8. The lowest BCUT2D eigenvalue weighted by atomic mass is 10.1. The standard InChI is InChI=1S/C13H17ClN2O3/c1-3-9(15)7-12(17)16-11-5-4-8(14)6-10(11)13(18)19-2/h4-6,9H,3,7,15H2,1-2H3,(H,16,17). The number of carbonyl (C=O) groups excluding carboxylic acids is 2. The van der Waals surface area contributed by atoms with Gasteiger partial charge in [0.25, 0.3) is 0 Å². The van der Waals surface area contributed by atoms with Crippen molar-refractivity contribution in [3.05, 3.63) is 28.8 Å². The molecule has 1 aromatic rings. The lowest BCUT2D eigenvalue weighted by molar-refractivity contribution is -0.116. The molecule has 0 bridgehead atoms. The first-order valence-corrected chi connectivity index (χ1v) is 6.29. The van der Waals surface area contributed by atoms with E-state index in [2.05, 4.69) is 10.1 Å². The quantitative estimate of drug-likeness (QED) is 0.812. The molecule has 0 radical (unpaired) electrons. The predicted molar refractivity (Wildman–Crippen MR) is 74.3 cm³/mol. The summed E-state index contributed by atoms with van der Waals surface area (Å²) in [5.74, 6) is -0.806. The summed E-state index contributed by atoms with van der Waals surface area (Å²) in [5.41, 5.74) is 6.28. The Bertz CT molecular complexity index is 477. The maximum absolute atomic E-state index is 11.8. The van der Waals surface area contributed by atoms with E-state index in [0.29, 0.717) is 17.1 Å². The number of carbonyl (C=O) groups is 2. The summed E-state index contributed by atoms with van der Waals surface area (Å²) in [6, 6.07) is 4.39. The second-order valence-electron chi connectivity index (χ2n) is 4.10. The van der Waals surface area contributed by atoms with Crippen LogP contribution in [0, 0.1) is 0 Å². The van der Waals surface area contributed by atoms with Crippen LogP contribution in [0.1, 0.15) is 30.1 Å². The lowest BCUT2D eigenvalue weighted by Gasteiger charge is -2.12. The third kappa shape index (κ3) is 4.54. The van der Waals surface area contributed by atoms with Crippen LogP contribution in [-0.2, 0) is 9.53 Å². The molecule has 0 saturated carbocycles. The zero-order valence-corrected chi connectivity index (χ0v) is 11.7. The van der Waals surface area contributed by atoms with Crippen LogP contribution in [0.3, 0.4) is 0 Å². The Morgan fingerprint density at radius 2 is 2.16 bits per heavy atom. The van der Waals surface area contributed by atoms with Crippen molar-refractivity contribution in [3.8, 4) is 0 Å². The number of rotatable bonds is 5. The molecule has 6 heteroatoms. The Morgan fingerprint density at radius 1 is 1.47 bits per heavy atom. The predicted octanol–water partition coefficient (Wildman–Crippen LogP) is 2.19. The lowest BCUT2D eigenvalue weighted by Crippen LogP contribution is -2.26. The van der Waals surface area contributed by atoms with Gasteiger partial charge in [0.05, 0.1) is 18.4 Å². The number of nitrogens with two attached hydrogens (primary N) is 1. The van der Waals surface area contributed by atoms with E-state index in [0.717, 1.165) is 0 Å². The maximum atomic E-state index is 11.8. The number of ether oxygens (including phenoxy) is 1. The third-order valence-electron chi connectivity index (χ3n) is 2.63. The zero-order valence-electron chi connectivity index (χ0n) is 10.9. The molecule has 1 amide bonds. The van der Waals surface area contributed by atoms with Crippen LogP contribution in [0.5, 0.6) is 0 Å². The van der Waals surface area contributed by atoms with Crippen molar-refractivity contribution in [2.75, 3.05) is 12.4 Å². The number of esters is 1. The van der Waals surface area contributed by atoms with Gasteiger partial charge in [-0.25, -0.2) is 4.79 Å². The number of hydrogen-bond acceptors (Lipinski definition) is 4. The van der Waals surface area contributed by atoms with Crippen molar-refractivity contribution >= 4 is 29.2 Å². The topological polar surface area (TPSA) is 81.4 Å². The Balaban J connectivity index is 2.88. The Morgan fingerprint density at radius 3 is 2.74 bits per heavy atom. The van der Waals surface area contributed by atoms with E-state index in [4.69, 9.17) is 17.3 Å². The highest BCUT2D eigenvalue weighted by Crippen LogP contribution is 2.21. The fourth-order valence-corrected chi connectivity index (χ4v) is 1.66. The van der Waals surface area contributed by atoms with Gasteiger partial charge in [0.1, 0.15) is 0 Å². The van der Waals surface area contributed by atoms with E-state index >= 15 is 0 Å².